The molecule has 2 atom stereocenters. The predicted molar refractivity (Wildman–Crippen MR) is 87.6 cm³/mol. The number of allylic oxidation sites excluding steroid dienone is 3. The highest BCUT2D eigenvalue weighted by Crippen LogP contribution is 2.49. The summed E-state index contributed by atoms with van der Waals surface area (Å²) < 4.78 is 0. The van der Waals surface area contributed by atoms with Gasteiger partial charge in [0.1, 0.15) is 0 Å². The number of benzene rings is 2. The van der Waals surface area contributed by atoms with Crippen LogP contribution >= 0.6 is 0 Å². The van der Waals surface area contributed by atoms with Crippen molar-refractivity contribution in [2.24, 2.45) is 5.73 Å². The van der Waals surface area contributed by atoms with Gasteiger partial charge < -0.3 is 10.6 Å². The Balaban J connectivity index is 1.90. The first-order valence-corrected chi connectivity index (χ1v) is 7.42. The molecule has 21 heavy (non-hydrogen) atoms. The van der Waals surface area contributed by atoms with Crippen molar-refractivity contribution in [1.29, 1.82) is 0 Å². The quantitative estimate of drug-likeness (QED) is 0.848. The molecule has 1 aliphatic carbocycles. The molecule has 0 saturated heterocycles. The molecule has 0 spiro atoms. The Labute approximate surface area is 125 Å². The van der Waals surface area contributed by atoms with Gasteiger partial charge in [0.2, 0.25) is 0 Å². The lowest BCUT2D eigenvalue weighted by Crippen LogP contribution is -2.20. The molecule has 0 aromatic heterocycles. The van der Waals surface area contributed by atoms with E-state index in [1.165, 1.54) is 22.6 Å². The van der Waals surface area contributed by atoms with E-state index in [1.54, 1.807) is 0 Å². The van der Waals surface area contributed by atoms with E-state index in [0.29, 0.717) is 5.92 Å². The normalized spacial score (nSPS) is 23.3. The first kappa shape index (κ1) is 12.4. The molecule has 2 heteroatoms. The third-order valence-electron chi connectivity index (χ3n) is 4.32. The van der Waals surface area contributed by atoms with E-state index < -0.39 is 0 Å². The van der Waals surface area contributed by atoms with E-state index >= 15 is 0 Å². The standard InChI is InChI=1S/C19H18N2/c20-14-7-6-12-19-17(13-14)16-10-4-5-11-18(16)21(19)15-8-2-1-3-9-15/h1-12,14,17H,13,20H2. The molecule has 0 radical (unpaired) electrons. The molecule has 2 N–H and O–H groups in total. The van der Waals surface area contributed by atoms with Gasteiger partial charge in [-0.1, -0.05) is 48.6 Å². The number of fused-ring (bicyclic) bond motifs is 3. The van der Waals surface area contributed by atoms with E-state index in [1.807, 2.05) is 0 Å². The molecular weight excluding hydrogens is 256 g/mol. The lowest BCUT2D eigenvalue weighted by molar-refractivity contribution is 0.656. The fourth-order valence-corrected chi connectivity index (χ4v) is 3.39. The monoisotopic (exact) mass is 274 g/mol. The molecule has 0 amide bonds. The maximum atomic E-state index is 6.19. The highest BCUT2D eigenvalue weighted by Gasteiger charge is 2.35. The Kier molecular flexibility index (Phi) is 2.90. The number of nitrogens with zero attached hydrogens (tertiary/aromatic N) is 1. The zero-order valence-electron chi connectivity index (χ0n) is 11.8. The average Bonchev–Trinajstić information content (AvgIpc) is 2.69. The molecule has 2 unspecified atom stereocenters. The van der Waals surface area contributed by atoms with Gasteiger partial charge in [-0.25, -0.2) is 0 Å². The maximum Gasteiger partial charge on any atom is 0.0497 e. The van der Waals surface area contributed by atoms with Crippen LogP contribution in [-0.4, -0.2) is 6.04 Å². The number of hydrogen-bond donors (Lipinski definition) is 1. The van der Waals surface area contributed by atoms with Crippen LogP contribution in [0.4, 0.5) is 11.4 Å². The number of nitrogens with two attached hydrogens (primary N) is 1. The van der Waals surface area contributed by atoms with Crippen LogP contribution in [-0.2, 0) is 0 Å². The molecular formula is C19H18N2. The third-order valence-corrected chi connectivity index (χ3v) is 4.32. The molecule has 0 fully saturated rings. The SMILES string of the molecule is NC1C=CC=C2C(C1)c1ccccc1N2c1ccccc1. The van der Waals surface area contributed by atoms with Gasteiger partial charge in [-0.2, -0.15) is 0 Å². The van der Waals surface area contributed by atoms with E-state index in [0.717, 1.165) is 6.42 Å². The van der Waals surface area contributed by atoms with E-state index in [9.17, 15) is 0 Å². The first-order valence-electron chi connectivity index (χ1n) is 7.42. The number of hydrogen-bond acceptors (Lipinski definition) is 2. The van der Waals surface area contributed by atoms with E-state index in [2.05, 4.69) is 77.7 Å². The molecule has 2 aromatic carbocycles. The minimum absolute atomic E-state index is 0.118. The van der Waals surface area contributed by atoms with Crippen molar-refractivity contribution in [2.75, 3.05) is 4.90 Å². The summed E-state index contributed by atoms with van der Waals surface area (Å²) in [4.78, 5) is 2.36. The minimum Gasteiger partial charge on any atom is -0.324 e. The Morgan fingerprint density at radius 3 is 2.57 bits per heavy atom. The van der Waals surface area contributed by atoms with Crippen molar-refractivity contribution in [2.45, 2.75) is 18.4 Å². The largest absolute Gasteiger partial charge is 0.324 e. The van der Waals surface area contributed by atoms with Gasteiger partial charge in [0.15, 0.2) is 0 Å². The second-order valence-corrected chi connectivity index (χ2v) is 5.66. The van der Waals surface area contributed by atoms with Crippen LogP contribution in [0.25, 0.3) is 0 Å². The van der Waals surface area contributed by atoms with Gasteiger partial charge in [-0.15, -0.1) is 0 Å². The molecule has 0 saturated carbocycles. The van der Waals surface area contributed by atoms with Crippen molar-refractivity contribution in [1.82, 2.24) is 0 Å². The summed E-state index contributed by atoms with van der Waals surface area (Å²) in [5.74, 6) is 0.381. The molecule has 2 nitrogen and oxygen atoms in total. The molecule has 4 rings (SSSR count). The van der Waals surface area contributed by atoms with Crippen molar-refractivity contribution < 1.29 is 0 Å². The summed E-state index contributed by atoms with van der Waals surface area (Å²) in [6.45, 7) is 0. The van der Waals surface area contributed by atoms with Gasteiger partial charge in [0.05, 0.1) is 0 Å². The molecule has 0 bridgehead atoms. The zero-order valence-corrected chi connectivity index (χ0v) is 11.8. The second kappa shape index (κ2) is 4.90. The van der Waals surface area contributed by atoms with E-state index in [-0.39, 0.29) is 6.04 Å². The highest BCUT2D eigenvalue weighted by molar-refractivity contribution is 5.78. The fraction of sp³-hybridized carbons (Fsp3) is 0.158. The van der Waals surface area contributed by atoms with Crippen LogP contribution in [0.3, 0.4) is 0 Å². The maximum absolute atomic E-state index is 6.19. The van der Waals surface area contributed by atoms with Crippen LogP contribution < -0.4 is 10.6 Å². The highest BCUT2D eigenvalue weighted by atomic mass is 15.2. The van der Waals surface area contributed by atoms with Gasteiger partial charge in [0, 0.05) is 29.0 Å². The summed E-state index contributed by atoms with van der Waals surface area (Å²) in [5.41, 5.74) is 11.4. The summed E-state index contributed by atoms with van der Waals surface area (Å²) >= 11 is 0. The van der Waals surface area contributed by atoms with E-state index in [4.69, 9.17) is 5.73 Å². The second-order valence-electron chi connectivity index (χ2n) is 5.66. The lowest BCUT2D eigenvalue weighted by atomic mass is 9.93. The number of rotatable bonds is 1. The van der Waals surface area contributed by atoms with Gasteiger partial charge in [-0.3, -0.25) is 0 Å². The van der Waals surface area contributed by atoms with Gasteiger partial charge in [0.25, 0.3) is 0 Å². The third kappa shape index (κ3) is 1.99. The van der Waals surface area contributed by atoms with Gasteiger partial charge >= 0.3 is 0 Å². The molecule has 104 valence electrons. The van der Waals surface area contributed by atoms with Crippen LogP contribution in [0, 0.1) is 0 Å². The molecule has 2 aliphatic rings. The Hall–Kier alpha value is -2.32. The molecule has 1 aliphatic heterocycles. The number of para-hydroxylation sites is 2. The summed E-state index contributed by atoms with van der Waals surface area (Å²) in [6.07, 6.45) is 7.37. The van der Waals surface area contributed by atoms with Crippen LogP contribution in [0.1, 0.15) is 17.9 Å². The predicted octanol–water partition coefficient (Wildman–Crippen LogP) is 4.09. The Morgan fingerprint density at radius 2 is 1.71 bits per heavy atom. The minimum atomic E-state index is 0.118. The summed E-state index contributed by atoms with van der Waals surface area (Å²) in [7, 11) is 0. The first-order chi connectivity index (χ1) is 10.3. The van der Waals surface area contributed by atoms with Crippen molar-refractivity contribution in [3.05, 3.63) is 84.1 Å². The zero-order chi connectivity index (χ0) is 14.2. The fourth-order valence-electron chi connectivity index (χ4n) is 3.39. The molecule has 1 heterocycles. The summed E-state index contributed by atoms with van der Waals surface area (Å²) in [6, 6.07) is 19.3. The topological polar surface area (TPSA) is 29.3 Å². The Bertz CT molecular complexity index is 715. The summed E-state index contributed by atoms with van der Waals surface area (Å²) in [5, 5.41) is 0. The lowest BCUT2D eigenvalue weighted by Gasteiger charge is -2.23. The van der Waals surface area contributed by atoms with Crippen LogP contribution in [0.15, 0.2) is 78.5 Å². The number of anilines is 2. The van der Waals surface area contributed by atoms with Crippen molar-refractivity contribution in [3.63, 3.8) is 0 Å². The van der Waals surface area contributed by atoms with Crippen LogP contribution in [0.2, 0.25) is 0 Å². The van der Waals surface area contributed by atoms with Gasteiger partial charge in [-0.05, 0) is 36.3 Å². The molecule has 2 aromatic rings. The van der Waals surface area contributed by atoms with Crippen LogP contribution in [0.5, 0.6) is 0 Å². The van der Waals surface area contributed by atoms with Crippen molar-refractivity contribution >= 4 is 11.4 Å². The smallest absolute Gasteiger partial charge is 0.0497 e. The average molecular weight is 274 g/mol. The van der Waals surface area contributed by atoms with Crippen molar-refractivity contribution in [3.8, 4) is 0 Å². The Morgan fingerprint density at radius 1 is 0.952 bits per heavy atom.